The number of benzene rings is 3. The number of aryl methyl sites for hydroxylation is 2. The molecule has 176 valence electrons. The summed E-state index contributed by atoms with van der Waals surface area (Å²) in [6.45, 7) is 2.08. The van der Waals surface area contributed by atoms with Crippen LogP contribution >= 0.6 is 0 Å². The molecule has 1 aliphatic carbocycles. The fourth-order valence-corrected chi connectivity index (χ4v) is 6.48. The van der Waals surface area contributed by atoms with E-state index in [1.165, 1.54) is 39.9 Å². The molecule has 2 N–H and O–H groups in total. The highest BCUT2D eigenvalue weighted by atomic mass is 32.2. The monoisotopic (exact) mass is 477 g/mol. The molecule has 0 bridgehead atoms. The van der Waals surface area contributed by atoms with Crippen LogP contribution in [-0.4, -0.2) is 43.7 Å². The quantitative estimate of drug-likeness (QED) is 0.588. The van der Waals surface area contributed by atoms with Crippen LogP contribution in [0.25, 0.3) is 10.8 Å². The zero-order chi connectivity index (χ0) is 23.9. The van der Waals surface area contributed by atoms with Crippen molar-refractivity contribution in [1.29, 1.82) is 0 Å². The molecule has 2 amide bonds. The first-order valence-electron chi connectivity index (χ1n) is 11.5. The van der Waals surface area contributed by atoms with Gasteiger partial charge in [-0.3, -0.25) is 9.59 Å². The summed E-state index contributed by atoms with van der Waals surface area (Å²) < 4.78 is 27.5. The molecule has 34 heavy (non-hydrogen) atoms. The van der Waals surface area contributed by atoms with Crippen LogP contribution in [0.15, 0.2) is 59.5 Å². The number of nitrogens with one attached hydrogen (secondary N) is 2. The van der Waals surface area contributed by atoms with Gasteiger partial charge in [0.15, 0.2) is 0 Å². The molecule has 1 heterocycles. The van der Waals surface area contributed by atoms with Gasteiger partial charge in [-0.1, -0.05) is 24.3 Å². The molecule has 8 heteroatoms. The number of carbonyl (C=O) groups is 2. The largest absolute Gasteiger partial charge is 0.349 e. The number of amides is 2. The first-order valence-corrected chi connectivity index (χ1v) is 13.0. The lowest BCUT2D eigenvalue weighted by atomic mass is 9.98. The normalized spacial score (nSPS) is 16.5. The van der Waals surface area contributed by atoms with E-state index in [4.69, 9.17) is 0 Å². The van der Waals surface area contributed by atoms with Gasteiger partial charge in [-0.05, 0) is 77.9 Å². The van der Waals surface area contributed by atoms with Gasteiger partial charge in [0.05, 0.1) is 4.90 Å². The summed E-state index contributed by atoms with van der Waals surface area (Å²) in [5.41, 5.74) is 3.82. The van der Waals surface area contributed by atoms with Gasteiger partial charge in [0.25, 0.3) is 5.91 Å². The molecule has 3 aromatic carbocycles. The minimum atomic E-state index is -3.63. The van der Waals surface area contributed by atoms with E-state index in [0.717, 1.165) is 18.2 Å². The molecule has 0 saturated carbocycles. The predicted octanol–water partition coefficient (Wildman–Crippen LogP) is 3.48. The van der Waals surface area contributed by atoms with Gasteiger partial charge < -0.3 is 10.6 Å². The topological polar surface area (TPSA) is 95.6 Å². The zero-order valence-corrected chi connectivity index (χ0v) is 19.8. The minimum Gasteiger partial charge on any atom is -0.349 e. The molecule has 0 atom stereocenters. The maximum absolute atomic E-state index is 13.1. The Balaban J connectivity index is 1.24. The van der Waals surface area contributed by atoms with Gasteiger partial charge in [-0.15, -0.1) is 0 Å². The van der Waals surface area contributed by atoms with Crippen molar-refractivity contribution in [2.75, 3.05) is 18.4 Å². The Kier molecular flexibility index (Phi) is 5.87. The Morgan fingerprint density at radius 2 is 1.59 bits per heavy atom. The molecule has 0 radical (unpaired) electrons. The summed E-state index contributed by atoms with van der Waals surface area (Å²) in [4.78, 5) is 24.5. The second-order valence-electron chi connectivity index (χ2n) is 8.97. The lowest BCUT2D eigenvalue weighted by Gasteiger charge is -2.31. The molecule has 1 saturated heterocycles. The number of rotatable bonds is 5. The molecular formula is C26H27N3O4S. The van der Waals surface area contributed by atoms with Crippen molar-refractivity contribution in [2.45, 2.75) is 43.5 Å². The van der Waals surface area contributed by atoms with Gasteiger partial charge in [0, 0.05) is 37.3 Å². The van der Waals surface area contributed by atoms with Crippen molar-refractivity contribution < 1.29 is 18.0 Å². The Morgan fingerprint density at radius 1 is 0.912 bits per heavy atom. The van der Waals surface area contributed by atoms with Gasteiger partial charge in [-0.2, -0.15) is 4.31 Å². The average molecular weight is 478 g/mol. The molecule has 1 aliphatic heterocycles. The Labute approximate surface area is 199 Å². The molecule has 5 rings (SSSR count). The van der Waals surface area contributed by atoms with E-state index in [1.807, 2.05) is 18.2 Å². The molecule has 1 fully saturated rings. The van der Waals surface area contributed by atoms with Gasteiger partial charge in [0.1, 0.15) is 0 Å². The standard InChI is InChI=1S/C26H27N3O4S/c1-17(30)27-20-8-10-22(11-9-20)34(32,33)29-15-13-21(14-16-29)28-26(31)24-12-7-19-6-5-18-3-2-4-23(24)25(18)19/h2-4,7-12,21H,5-6,13-16H2,1H3,(H,27,30)(H,28,31). The number of anilines is 1. The fraction of sp³-hybridized carbons (Fsp3) is 0.308. The first-order chi connectivity index (χ1) is 16.3. The summed E-state index contributed by atoms with van der Waals surface area (Å²) >= 11 is 0. The highest BCUT2D eigenvalue weighted by Crippen LogP contribution is 2.33. The van der Waals surface area contributed by atoms with Crippen LogP contribution in [0, 0.1) is 0 Å². The van der Waals surface area contributed by atoms with Gasteiger partial charge >= 0.3 is 0 Å². The second kappa shape index (κ2) is 8.85. The summed E-state index contributed by atoms with van der Waals surface area (Å²) in [5, 5.41) is 7.96. The van der Waals surface area contributed by atoms with Crippen molar-refractivity contribution >= 4 is 38.3 Å². The smallest absolute Gasteiger partial charge is 0.252 e. The number of nitrogens with zero attached hydrogens (tertiary/aromatic N) is 1. The lowest BCUT2D eigenvalue weighted by Crippen LogP contribution is -2.46. The van der Waals surface area contributed by atoms with Gasteiger partial charge in [-0.25, -0.2) is 8.42 Å². The van der Waals surface area contributed by atoms with E-state index < -0.39 is 10.0 Å². The van der Waals surface area contributed by atoms with E-state index in [9.17, 15) is 18.0 Å². The molecule has 7 nitrogen and oxygen atoms in total. The maximum Gasteiger partial charge on any atom is 0.252 e. The Hall–Kier alpha value is -3.23. The van der Waals surface area contributed by atoms with Crippen LogP contribution in [0.3, 0.4) is 0 Å². The van der Waals surface area contributed by atoms with E-state index in [1.54, 1.807) is 12.1 Å². The van der Waals surface area contributed by atoms with E-state index in [2.05, 4.69) is 22.8 Å². The molecule has 0 aromatic heterocycles. The maximum atomic E-state index is 13.1. The highest BCUT2D eigenvalue weighted by molar-refractivity contribution is 7.89. The SMILES string of the molecule is CC(=O)Nc1ccc(S(=O)(=O)N2CCC(NC(=O)c3ccc4c5c(cccc35)CC4)CC2)cc1. The summed E-state index contributed by atoms with van der Waals surface area (Å²) in [6.07, 6.45) is 3.13. The van der Waals surface area contributed by atoms with Crippen LogP contribution in [-0.2, 0) is 27.7 Å². The second-order valence-corrected chi connectivity index (χ2v) is 10.9. The number of piperidine rings is 1. The Bertz CT molecular complexity index is 1360. The molecule has 3 aromatic rings. The van der Waals surface area contributed by atoms with E-state index in [-0.39, 0.29) is 22.8 Å². The first kappa shape index (κ1) is 22.6. The fourth-order valence-electron chi connectivity index (χ4n) is 5.01. The van der Waals surface area contributed by atoms with Crippen LogP contribution in [0.4, 0.5) is 5.69 Å². The molecule has 0 spiro atoms. The minimum absolute atomic E-state index is 0.0795. The van der Waals surface area contributed by atoms with Crippen LogP contribution in [0.2, 0.25) is 0 Å². The van der Waals surface area contributed by atoms with E-state index in [0.29, 0.717) is 37.2 Å². The number of sulfonamides is 1. The predicted molar refractivity (Wildman–Crippen MR) is 131 cm³/mol. The van der Waals surface area contributed by atoms with E-state index >= 15 is 0 Å². The van der Waals surface area contributed by atoms with Gasteiger partial charge in [0.2, 0.25) is 15.9 Å². The third-order valence-corrected chi connectivity index (χ3v) is 8.64. The lowest BCUT2D eigenvalue weighted by molar-refractivity contribution is -0.114. The van der Waals surface area contributed by atoms with Crippen LogP contribution in [0.1, 0.15) is 41.3 Å². The molecule has 0 unspecified atom stereocenters. The highest BCUT2D eigenvalue weighted by Gasteiger charge is 2.30. The Morgan fingerprint density at radius 3 is 2.26 bits per heavy atom. The van der Waals surface area contributed by atoms with Crippen molar-refractivity contribution in [2.24, 2.45) is 0 Å². The summed E-state index contributed by atoms with van der Waals surface area (Å²) in [6, 6.07) is 16.2. The summed E-state index contributed by atoms with van der Waals surface area (Å²) in [7, 11) is -3.63. The zero-order valence-electron chi connectivity index (χ0n) is 19.0. The number of carbonyl (C=O) groups excluding carboxylic acids is 2. The average Bonchev–Trinajstić information content (AvgIpc) is 3.24. The van der Waals surface area contributed by atoms with Crippen LogP contribution in [0.5, 0.6) is 0 Å². The molecule has 2 aliphatic rings. The van der Waals surface area contributed by atoms with Crippen molar-refractivity contribution in [3.05, 3.63) is 71.3 Å². The summed E-state index contributed by atoms with van der Waals surface area (Å²) in [5.74, 6) is -0.317. The molecular weight excluding hydrogens is 450 g/mol. The van der Waals surface area contributed by atoms with Crippen molar-refractivity contribution in [3.8, 4) is 0 Å². The van der Waals surface area contributed by atoms with Crippen molar-refractivity contribution in [3.63, 3.8) is 0 Å². The third-order valence-electron chi connectivity index (χ3n) is 6.72. The van der Waals surface area contributed by atoms with Crippen LogP contribution < -0.4 is 10.6 Å². The third kappa shape index (κ3) is 4.19. The number of hydrogen-bond acceptors (Lipinski definition) is 4. The van der Waals surface area contributed by atoms with Crippen molar-refractivity contribution in [1.82, 2.24) is 9.62 Å². The number of hydrogen-bond donors (Lipinski definition) is 2.